The van der Waals surface area contributed by atoms with E-state index in [2.05, 4.69) is 24.3 Å². The Balaban J connectivity index is 1.40. The Labute approximate surface area is 177 Å². The second-order valence-corrected chi connectivity index (χ2v) is 9.56. The van der Waals surface area contributed by atoms with Crippen molar-refractivity contribution in [3.63, 3.8) is 0 Å². The van der Waals surface area contributed by atoms with Gasteiger partial charge in [-0.05, 0) is 52.6 Å². The highest BCUT2D eigenvalue weighted by molar-refractivity contribution is 7.93. The zero-order valence-corrected chi connectivity index (χ0v) is 17.7. The van der Waals surface area contributed by atoms with Gasteiger partial charge in [0.2, 0.25) is 15.9 Å². The van der Waals surface area contributed by atoms with Crippen LogP contribution in [0.2, 0.25) is 0 Å². The summed E-state index contributed by atoms with van der Waals surface area (Å²) in [4.78, 5) is 14.2. The van der Waals surface area contributed by atoms with Gasteiger partial charge < -0.3 is 4.90 Å². The largest absolute Gasteiger partial charge is 0.338 e. The number of fused-ring (bicyclic) bond motifs is 1. The summed E-state index contributed by atoms with van der Waals surface area (Å²) in [6, 6.07) is 21.6. The van der Waals surface area contributed by atoms with E-state index in [0.717, 1.165) is 16.5 Å². The zero-order chi connectivity index (χ0) is 21.1. The molecule has 0 bridgehead atoms. The van der Waals surface area contributed by atoms with Crippen molar-refractivity contribution in [1.29, 1.82) is 0 Å². The summed E-state index contributed by atoms with van der Waals surface area (Å²) in [5, 5.41) is 2.34. The molecule has 0 saturated carbocycles. The molecule has 0 N–H and O–H groups in total. The van der Waals surface area contributed by atoms with Gasteiger partial charge in [-0.2, -0.15) is 0 Å². The van der Waals surface area contributed by atoms with Gasteiger partial charge in [0.05, 0.1) is 11.4 Å². The first kappa shape index (κ1) is 20.2. The molecule has 1 saturated heterocycles. The van der Waals surface area contributed by atoms with E-state index < -0.39 is 10.0 Å². The fourth-order valence-corrected chi connectivity index (χ4v) is 5.23. The molecule has 0 atom stereocenters. The standard InChI is InChI=1S/C24H24N2O3S/c1-25(18-20-7-11-21-5-2-3-6-22(21)17-20)24(27)14-10-19-8-12-23(13-9-19)26-15-4-16-30(26,28)29/h2-3,5-14,17H,4,15-16,18H2,1H3. The molecule has 154 valence electrons. The number of anilines is 1. The number of sulfonamides is 1. The van der Waals surface area contributed by atoms with Crippen LogP contribution in [-0.4, -0.2) is 38.6 Å². The van der Waals surface area contributed by atoms with Gasteiger partial charge in [0, 0.05) is 26.2 Å². The molecule has 1 aliphatic rings. The van der Waals surface area contributed by atoms with E-state index in [-0.39, 0.29) is 11.7 Å². The molecule has 1 amide bonds. The van der Waals surface area contributed by atoms with Gasteiger partial charge in [-0.3, -0.25) is 9.10 Å². The van der Waals surface area contributed by atoms with Crippen LogP contribution in [0.25, 0.3) is 16.8 Å². The molecule has 3 aromatic carbocycles. The molecule has 1 heterocycles. The molecule has 0 radical (unpaired) electrons. The van der Waals surface area contributed by atoms with Crippen molar-refractivity contribution >= 4 is 38.5 Å². The first-order valence-electron chi connectivity index (χ1n) is 9.94. The average molecular weight is 421 g/mol. The quantitative estimate of drug-likeness (QED) is 0.585. The van der Waals surface area contributed by atoms with Gasteiger partial charge in [-0.1, -0.05) is 48.5 Å². The van der Waals surface area contributed by atoms with Crippen molar-refractivity contribution in [2.75, 3.05) is 23.7 Å². The third kappa shape index (κ3) is 4.39. The van der Waals surface area contributed by atoms with Crippen LogP contribution in [0.15, 0.2) is 72.8 Å². The first-order valence-corrected chi connectivity index (χ1v) is 11.5. The number of rotatable bonds is 5. The Morgan fingerprint density at radius 1 is 1.03 bits per heavy atom. The topological polar surface area (TPSA) is 57.7 Å². The van der Waals surface area contributed by atoms with Crippen molar-refractivity contribution in [3.05, 3.63) is 83.9 Å². The molecule has 0 unspecified atom stereocenters. The molecule has 0 aromatic heterocycles. The smallest absolute Gasteiger partial charge is 0.246 e. The number of nitrogens with zero attached hydrogens (tertiary/aromatic N) is 2. The number of carbonyl (C=O) groups is 1. The van der Waals surface area contributed by atoms with Crippen LogP contribution in [0, 0.1) is 0 Å². The Morgan fingerprint density at radius 2 is 1.77 bits per heavy atom. The Kier molecular flexibility index (Phi) is 5.59. The second kappa shape index (κ2) is 8.32. The van der Waals surface area contributed by atoms with E-state index in [4.69, 9.17) is 0 Å². The van der Waals surface area contributed by atoms with Crippen LogP contribution in [0.5, 0.6) is 0 Å². The number of hydrogen-bond acceptors (Lipinski definition) is 3. The van der Waals surface area contributed by atoms with Crippen molar-refractivity contribution in [2.45, 2.75) is 13.0 Å². The number of carbonyl (C=O) groups excluding carboxylic acids is 1. The maximum absolute atomic E-state index is 12.5. The average Bonchev–Trinajstić information content (AvgIpc) is 3.11. The summed E-state index contributed by atoms with van der Waals surface area (Å²) in [6.45, 7) is 1.05. The van der Waals surface area contributed by atoms with Gasteiger partial charge in [-0.15, -0.1) is 0 Å². The van der Waals surface area contributed by atoms with E-state index >= 15 is 0 Å². The van der Waals surface area contributed by atoms with Crippen molar-refractivity contribution < 1.29 is 13.2 Å². The summed E-state index contributed by atoms with van der Waals surface area (Å²) in [5.41, 5.74) is 2.60. The number of hydrogen-bond donors (Lipinski definition) is 0. The van der Waals surface area contributed by atoms with Crippen molar-refractivity contribution in [2.24, 2.45) is 0 Å². The van der Waals surface area contributed by atoms with E-state index in [9.17, 15) is 13.2 Å². The van der Waals surface area contributed by atoms with Crippen LogP contribution >= 0.6 is 0 Å². The predicted molar refractivity (Wildman–Crippen MR) is 122 cm³/mol. The highest BCUT2D eigenvalue weighted by Crippen LogP contribution is 2.24. The van der Waals surface area contributed by atoms with Gasteiger partial charge in [0.1, 0.15) is 0 Å². The van der Waals surface area contributed by atoms with Crippen molar-refractivity contribution in [1.82, 2.24) is 4.90 Å². The minimum absolute atomic E-state index is 0.0886. The molecule has 6 heteroatoms. The molecule has 4 rings (SSSR count). The monoisotopic (exact) mass is 420 g/mol. The summed E-state index contributed by atoms with van der Waals surface area (Å²) < 4.78 is 25.5. The summed E-state index contributed by atoms with van der Waals surface area (Å²) in [7, 11) is -1.40. The lowest BCUT2D eigenvalue weighted by molar-refractivity contribution is -0.125. The van der Waals surface area contributed by atoms with E-state index in [0.29, 0.717) is 25.2 Å². The molecule has 0 aliphatic carbocycles. The maximum atomic E-state index is 12.5. The Bertz CT molecular complexity index is 1200. The SMILES string of the molecule is CN(Cc1ccc2ccccc2c1)C(=O)C=Cc1ccc(N2CCCS2(=O)=O)cc1. The lowest BCUT2D eigenvalue weighted by atomic mass is 10.1. The number of amides is 1. The Morgan fingerprint density at radius 3 is 2.47 bits per heavy atom. The van der Waals surface area contributed by atoms with Crippen LogP contribution in [0.1, 0.15) is 17.5 Å². The van der Waals surface area contributed by atoms with E-state index in [1.165, 1.54) is 9.69 Å². The van der Waals surface area contributed by atoms with Gasteiger partial charge in [-0.25, -0.2) is 8.42 Å². The van der Waals surface area contributed by atoms with E-state index in [1.54, 1.807) is 36.2 Å². The molecular weight excluding hydrogens is 396 g/mol. The third-order valence-electron chi connectivity index (χ3n) is 5.31. The van der Waals surface area contributed by atoms with Crippen LogP contribution in [0.4, 0.5) is 5.69 Å². The third-order valence-corrected chi connectivity index (χ3v) is 7.18. The number of benzene rings is 3. The molecule has 30 heavy (non-hydrogen) atoms. The van der Waals surface area contributed by atoms with Crippen LogP contribution < -0.4 is 4.31 Å². The highest BCUT2D eigenvalue weighted by Gasteiger charge is 2.28. The van der Waals surface area contributed by atoms with Crippen LogP contribution in [0.3, 0.4) is 0 Å². The molecule has 3 aromatic rings. The van der Waals surface area contributed by atoms with E-state index in [1.807, 2.05) is 30.3 Å². The summed E-state index contributed by atoms with van der Waals surface area (Å²) >= 11 is 0. The van der Waals surface area contributed by atoms with Gasteiger partial charge in [0.15, 0.2) is 0 Å². The molecule has 1 fully saturated rings. The second-order valence-electron chi connectivity index (χ2n) is 7.54. The lowest BCUT2D eigenvalue weighted by Gasteiger charge is -2.17. The minimum Gasteiger partial charge on any atom is -0.338 e. The fourth-order valence-electron chi connectivity index (χ4n) is 3.66. The minimum atomic E-state index is -3.18. The predicted octanol–water partition coefficient (Wildman–Crippen LogP) is 4.05. The number of likely N-dealkylation sites (N-methyl/N-ethyl adjacent to an activating group) is 1. The summed E-state index contributed by atoms with van der Waals surface area (Å²) in [5.74, 6) is 0.113. The van der Waals surface area contributed by atoms with Crippen molar-refractivity contribution in [3.8, 4) is 0 Å². The molecular formula is C24H24N2O3S. The lowest BCUT2D eigenvalue weighted by Crippen LogP contribution is -2.24. The maximum Gasteiger partial charge on any atom is 0.246 e. The summed E-state index contributed by atoms with van der Waals surface area (Å²) in [6.07, 6.45) is 3.95. The van der Waals surface area contributed by atoms with Crippen LogP contribution in [-0.2, 0) is 21.4 Å². The first-order chi connectivity index (χ1) is 14.4. The molecule has 0 spiro atoms. The van der Waals surface area contributed by atoms with Gasteiger partial charge in [0.25, 0.3) is 0 Å². The van der Waals surface area contributed by atoms with Gasteiger partial charge >= 0.3 is 0 Å². The molecule has 1 aliphatic heterocycles. The zero-order valence-electron chi connectivity index (χ0n) is 16.9. The Hall–Kier alpha value is -3.12. The molecule has 5 nitrogen and oxygen atoms in total. The highest BCUT2D eigenvalue weighted by atomic mass is 32.2. The fraction of sp³-hybridized carbons (Fsp3) is 0.208. The normalized spacial score (nSPS) is 15.7.